The van der Waals surface area contributed by atoms with E-state index in [2.05, 4.69) is 5.32 Å². The average molecular weight is 386 g/mol. The lowest BCUT2D eigenvalue weighted by Crippen LogP contribution is -2.45. The summed E-state index contributed by atoms with van der Waals surface area (Å²) in [7, 11) is 0. The summed E-state index contributed by atoms with van der Waals surface area (Å²) in [6.45, 7) is 6.25. The molecule has 0 spiro atoms. The van der Waals surface area contributed by atoms with Gasteiger partial charge in [0.15, 0.2) is 6.17 Å². The van der Waals surface area contributed by atoms with Gasteiger partial charge >= 0.3 is 11.9 Å². The highest BCUT2D eigenvalue weighted by molar-refractivity contribution is 5.97. The summed E-state index contributed by atoms with van der Waals surface area (Å²) in [6.07, 6.45) is -3.89. The number of hydrogen-bond donors (Lipinski definition) is 2. The number of alkyl halides is 1. The molecule has 150 valence electrons. The van der Waals surface area contributed by atoms with Crippen LogP contribution in [-0.2, 0) is 19.1 Å². The van der Waals surface area contributed by atoms with E-state index in [9.17, 15) is 23.2 Å². The van der Waals surface area contributed by atoms with Crippen LogP contribution in [0.4, 0.5) is 14.5 Å². The summed E-state index contributed by atoms with van der Waals surface area (Å²) in [5.41, 5.74) is 5.08. The van der Waals surface area contributed by atoms with Gasteiger partial charge in [-0.15, -0.1) is 0 Å². The SMILES string of the molecule is CC(C)OC(=O)[C@H](C[C@H](F)C(=O)OC(C)C)NC(=O)c1ccc(N)c(F)c1. The van der Waals surface area contributed by atoms with Gasteiger partial charge in [-0.05, 0) is 45.9 Å². The third kappa shape index (κ3) is 7.20. The minimum Gasteiger partial charge on any atom is -0.461 e. The Bertz CT molecular complexity index is 694. The molecule has 1 rings (SSSR count). The number of carbonyl (C=O) groups is 3. The van der Waals surface area contributed by atoms with Crippen molar-refractivity contribution in [1.82, 2.24) is 5.32 Å². The maximum absolute atomic E-state index is 14.2. The normalized spacial score (nSPS) is 13.2. The van der Waals surface area contributed by atoms with Crippen LogP contribution in [0.25, 0.3) is 0 Å². The van der Waals surface area contributed by atoms with Crippen LogP contribution in [0.15, 0.2) is 18.2 Å². The van der Waals surface area contributed by atoms with Gasteiger partial charge in [0, 0.05) is 12.0 Å². The van der Waals surface area contributed by atoms with E-state index in [-0.39, 0.29) is 11.3 Å². The smallest absolute Gasteiger partial charge is 0.341 e. The molecule has 0 saturated heterocycles. The van der Waals surface area contributed by atoms with E-state index in [1.54, 1.807) is 27.7 Å². The zero-order valence-electron chi connectivity index (χ0n) is 15.6. The lowest BCUT2D eigenvalue weighted by Gasteiger charge is -2.21. The minimum atomic E-state index is -2.15. The van der Waals surface area contributed by atoms with E-state index in [1.165, 1.54) is 12.1 Å². The summed E-state index contributed by atoms with van der Waals surface area (Å²) in [4.78, 5) is 36.1. The van der Waals surface area contributed by atoms with Gasteiger partial charge in [-0.3, -0.25) is 4.79 Å². The first-order valence-electron chi connectivity index (χ1n) is 8.42. The van der Waals surface area contributed by atoms with Crippen molar-refractivity contribution in [2.45, 2.75) is 58.5 Å². The standard InChI is InChI=1S/C18H24F2N2O5/c1-9(2)26-17(24)13(20)8-15(18(25)27-10(3)4)22-16(23)11-5-6-14(21)12(19)7-11/h5-7,9-10,13,15H,8,21H2,1-4H3,(H,22,23)/t13-,15-/m0/s1. The predicted molar refractivity (Wildman–Crippen MR) is 94.0 cm³/mol. The fourth-order valence-corrected chi connectivity index (χ4v) is 2.05. The van der Waals surface area contributed by atoms with Gasteiger partial charge in [0.1, 0.15) is 11.9 Å². The molecule has 3 N–H and O–H groups in total. The molecule has 0 radical (unpaired) electrons. The largest absolute Gasteiger partial charge is 0.461 e. The van der Waals surface area contributed by atoms with Crippen LogP contribution in [0.5, 0.6) is 0 Å². The molecule has 9 heteroatoms. The zero-order chi connectivity index (χ0) is 20.7. The van der Waals surface area contributed by atoms with Gasteiger partial charge in [-0.25, -0.2) is 18.4 Å². The molecule has 0 saturated carbocycles. The molecule has 1 aromatic rings. The van der Waals surface area contributed by atoms with Crippen LogP contribution in [0.1, 0.15) is 44.5 Å². The number of nitrogens with two attached hydrogens (primary N) is 1. The lowest BCUT2D eigenvalue weighted by atomic mass is 10.1. The number of rotatable bonds is 8. The number of amides is 1. The summed E-state index contributed by atoms with van der Waals surface area (Å²) in [5.74, 6) is -3.73. The van der Waals surface area contributed by atoms with Crippen LogP contribution in [0.2, 0.25) is 0 Å². The fourth-order valence-electron chi connectivity index (χ4n) is 2.05. The molecule has 0 aliphatic carbocycles. The van der Waals surface area contributed by atoms with Crippen molar-refractivity contribution < 1.29 is 32.6 Å². The van der Waals surface area contributed by atoms with Crippen LogP contribution >= 0.6 is 0 Å². The molecular formula is C18H24F2N2O5. The topological polar surface area (TPSA) is 108 Å². The molecule has 1 amide bonds. The van der Waals surface area contributed by atoms with E-state index in [1.807, 2.05) is 0 Å². The van der Waals surface area contributed by atoms with Crippen LogP contribution in [-0.4, -0.2) is 42.3 Å². The lowest BCUT2D eigenvalue weighted by molar-refractivity contribution is -0.155. The second-order valence-electron chi connectivity index (χ2n) is 6.44. The first-order chi connectivity index (χ1) is 12.5. The number of carbonyl (C=O) groups excluding carboxylic acids is 3. The third-order valence-corrected chi connectivity index (χ3v) is 3.25. The number of ether oxygens (including phenoxy) is 2. The summed E-state index contributed by atoms with van der Waals surface area (Å²) in [5, 5.41) is 2.26. The quantitative estimate of drug-likeness (QED) is 0.524. The van der Waals surface area contributed by atoms with Crippen molar-refractivity contribution in [1.29, 1.82) is 0 Å². The number of nitrogens with one attached hydrogen (secondary N) is 1. The van der Waals surface area contributed by atoms with Crippen molar-refractivity contribution >= 4 is 23.5 Å². The Hall–Kier alpha value is -2.71. The van der Waals surface area contributed by atoms with Gasteiger partial charge < -0.3 is 20.5 Å². The molecule has 0 aliphatic rings. The highest BCUT2D eigenvalue weighted by Gasteiger charge is 2.31. The van der Waals surface area contributed by atoms with Crippen molar-refractivity contribution in [2.24, 2.45) is 0 Å². The molecule has 0 unspecified atom stereocenters. The van der Waals surface area contributed by atoms with Crippen molar-refractivity contribution in [3.05, 3.63) is 29.6 Å². The summed E-state index contributed by atoms with van der Waals surface area (Å²) in [6, 6.07) is 1.85. The third-order valence-electron chi connectivity index (χ3n) is 3.25. The van der Waals surface area contributed by atoms with Crippen molar-refractivity contribution in [3.63, 3.8) is 0 Å². The number of anilines is 1. The van der Waals surface area contributed by atoms with Crippen molar-refractivity contribution in [2.75, 3.05) is 5.73 Å². The highest BCUT2D eigenvalue weighted by Crippen LogP contribution is 2.14. The van der Waals surface area contributed by atoms with Gasteiger partial charge in [0.2, 0.25) is 0 Å². The summed E-state index contributed by atoms with van der Waals surface area (Å²) < 4.78 is 37.4. The number of halogens is 2. The van der Waals surface area contributed by atoms with E-state index in [0.29, 0.717) is 0 Å². The summed E-state index contributed by atoms with van der Waals surface area (Å²) >= 11 is 0. The molecule has 0 bridgehead atoms. The highest BCUT2D eigenvalue weighted by atomic mass is 19.1. The minimum absolute atomic E-state index is 0.121. The molecule has 0 aromatic heterocycles. The molecular weight excluding hydrogens is 362 g/mol. The van der Waals surface area contributed by atoms with Crippen LogP contribution < -0.4 is 11.1 Å². The zero-order valence-corrected chi connectivity index (χ0v) is 15.6. The van der Waals surface area contributed by atoms with Gasteiger partial charge in [-0.1, -0.05) is 0 Å². The predicted octanol–water partition coefficient (Wildman–Crippen LogP) is 2.14. The fraction of sp³-hybridized carbons (Fsp3) is 0.500. The first kappa shape index (κ1) is 22.3. The van der Waals surface area contributed by atoms with E-state index in [0.717, 1.165) is 6.07 Å². The Morgan fingerprint density at radius 2 is 1.63 bits per heavy atom. The molecule has 7 nitrogen and oxygen atoms in total. The number of esters is 2. The Morgan fingerprint density at radius 1 is 1.07 bits per heavy atom. The maximum Gasteiger partial charge on any atom is 0.341 e. The monoisotopic (exact) mass is 386 g/mol. The number of benzene rings is 1. The Kier molecular flexibility index (Phi) is 8.14. The van der Waals surface area contributed by atoms with Gasteiger partial charge in [0.25, 0.3) is 5.91 Å². The molecule has 1 aromatic carbocycles. The number of hydrogen-bond acceptors (Lipinski definition) is 6. The second kappa shape index (κ2) is 9.84. The molecule has 27 heavy (non-hydrogen) atoms. The molecule has 0 heterocycles. The first-order valence-corrected chi connectivity index (χ1v) is 8.42. The maximum atomic E-state index is 14.2. The second-order valence-corrected chi connectivity index (χ2v) is 6.44. The number of nitrogen functional groups attached to an aromatic ring is 1. The Balaban J connectivity index is 2.93. The van der Waals surface area contributed by atoms with E-state index >= 15 is 0 Å². The van der Waals surface area contributed by atoms with E-state index < -0.39 is 54.5 Å². The molecule has 0 fully saturated rings. The average Bonchev–Trinajstić information content (AvgIpc) is 2.55. The Labute approximate surface area is 156 Å². The van der Waals surface area contributed by atoms with Crippen LogP contribution in [0.3, 0.4) is 0 Å². The van der Waals surface area contributed by atoms with E-state index in [4.69, 9.17) is 15.2 Å². The van der Waals surface area contributed by atoms with Crippen molar-refractivity contribution in [3.8, 4) is 0 Å². The molecule has 0 aliphatic heterocycles. The van der Waals surface area contributed by atoms with Crippen LogP contribution in [0, 0.1) is 5.82 Å². The molecule has 2 atom stereocenters. The Morgan fingerprint density at radius 3 is 2.15 bits per heavy atom. The van der Waals surface area contributed by atoms with Gasteiger partial charge in [-0.2, -0.15) is 0 Å². The van der Waals surface area contributed by atoms with Gasteiger partial charge in [0.05, 0.1) is 17.9 Å².